The lowest BCUT2D eigenvalue weighted by Crippen LogP contribution is -2.51. The van der Waals surface area contributed by atoms with Crippen molar-refractivity contribution in [2.24, 2.45) is 0 Å². The number of carboxylic acids is 1. The number of carbonyl (C=O) groups is 2. The number of methoxy groups -OCH3 is 1. The number of unbranched alkanes of at least 4 members (excludes halogenated alkanes) is 2. The highest BCUT2D eigenvalue weighted by atomic mass is 16.5. The molecular formula is C14H26N2O4. The number of urea groups is 1. The highest BCUT2D eigenvalue weighted by Gasteiger charge is 2.37. The first-order chi connectivity index (χ1) is 9.58. The Morgan fingerprint density at radius 3 is 2.50 bits per heavy atom. The van der Waals surface area contributed by atoms with Gasteiger partial charge in [0, 0.05) is 20.3 Å². The highest BCUT2D eigenvalue weighted by molar-refractivity contribution is 5.76. The molecule has 0 aromatic rings. The second-order valence-electron chi connectivity index (χ2n) is 5.49. The van der Waals surface area contributed by atoms with Gasteiger partial charge in [0.1, 0.15) is 0 Å². The van der Waals surface area contributed by atoms with Crippen molar-refractivity contribution in [2.75, 3.05) is 20.3 Å². The van der Waals surface area contributed by atoms with Crippen LogP contribution in [0.1, 0.15) is 51.4 Å². The van der Waals surface area contributed by atoms with Crippen molar-refractivity contribution >= 4 is 12.0 Å². The zero-order valence-corrected chi connectivity index (χ0v) is 12.2. The first-order valence-electron chi connectivity index (χ1n) is 7.35. The van der Waals surface area contributed by atoms with Gasteiger partial charge in [-0.25, -0.2) is 4.79 Å². The van der Waals surface area contributed by atoms with E-state index in [2.05, 4.69) is 10.6 Å². The van der Waals surface area contributed by atoms with E-state index < -0.39 is 11.5 Å². The van der Waals surface area contributed by atoms with Gasteiger partial charge in [0.25, 0.3) is 0 Å². The minimum absolute atomic E-state index is 0.00819. The summed E-state index contributed by atoms with van der Waals surface area (Å²) in [5.74, 6) is -0.855. The van der Waals surface area contributed by atoms with Crippen LogP contribution in [0.5, 0.6) is 0 Å². The molecule has 0 aromatic heterocycles. The van der Waals surface area contributed by atoms with Crippen LogP contribution in [-0.2, 0) is 9.53 Å². The first-order valence-corrected chi connectivity index (χ1v) is 7.35. The lowest BCUT2D eigenvalue weighted by atomic mass is 9.93. The van der Waals surface area contributed by atoms with Crippen LogP contribution < -0.4 is 10.6 Å². The fraction of sp³-hybridized carbons (Fsp3) is 0.857. The van der Waals surface area contributed by atoms with Crippen molar-refractivity contribution in [3.63, 3.8) is 0 Å². The molecule has 3 N–H and O–H groups in total. The van der Waals surface area contributed by atoms with Gasteiger partial charge in [-0.1, -0.05) is 12.8 Å². The minimum atomic E-state index is -0.855. The van der Waals surface area contributed by atoms with E-state index in [1.165, 1.54) is 0 Å². The van der Waals surface area contributed by atoms with E-state index in [1.807, 2.05) is 0 Å². The Morgan fingerprint density at radius 1 is 1.20 bits per heavy atom. The van der Waals surface area contributed by atoms with E-state index in [0.717, 1.165) is 51.6 Å². The number of rotatable bonds is 9. The average Bonchev–Trinajstić information content (AvgIpc) is 2.80. The molecule has 0 spiro atoms. The van der Waals surface area contributed by atoms with Gasteiger partial charge in [0.05, 0.1) is 12.0 Å². The molecule has 0 bridgehead atoms. The summed E-state index contributed by atoms with van der Waals surface area (Å²) in [4.78, 5) is 22.8. The molecular weight excluding hydrogens is 260 g/mol. The Morgan fingerprint density at radius 2 is 1.90 bits per heavy atom. The lowest BCUT2D eigenvalue weighted by molar-refractivity contribution is -0.138. The van der Waals surface area contributed by atoms with Gasteiger partial charge in [-0.3, -0.25) is 4.79 Å². The molecule has 1 aliphatic carbocycles. The number of nitrogens with one attached hydrogen (secondary N) is 2. The van der Waals surface area contributed by atoms with Gasteiger partial charge in [-0.05, 0) is 32.1 Å². The summed E-state index contributed by atoms with van der Waals surface area (Å²) in [5.41, 5.74) is -0.550. The molecule has 0 atom stereocenters. The van der Waals surface area contributed by atoms with Crippen LogP contribution in [0.3, 0.4) is 0 Å². The van der Waals surface area contributed by atoms with Crippen molar-refractivity contribution in [3.05, 3.63) is 0 Å². The third-order valence-corrected chi connectivity index (χ3v) is 3.74. The standard InChI is InChI=1S/C14H26N2O4/c1-20-10-6-2-5-9-15-13(19)16-14(11-12(17)18)7-3-4-8-14/h2-11H2,1H3,(H,17,18)(H2,15,16,19). The largest absolute Gasteiger partial charge is 0.481 e. The van der Waals surface area contributed by atoms with Crippen LogP contribution >= 0.6 is 0 Å². The maximum Gasteiger partial charge on any atom is 0.315 e. The Balaban J connectivity index is 2.23. The average molecular weight is 286 g/mol. The van der Waals surface area contributed by atoms with E-state index in [0.29, 0.717) is 6.54 Å². The molecule has 1 fully saturated rings. The van der Waals surface area contributed by atoms with Crippen LogP contribution in [0.25, 0.3) is 0 Å². The predicted molar refractivity (Wildman–Crippen MR) is 75.7 cm³/mol. The quantitative estimate of drug-likeness (QED) is 0.565. The van der Waals surface area contributed by atoms with Crippen LogP contribution in [0.4, 0.5) is 4.79 Å². The summed E-state index contributed by atoms with van der Waals surface area (Å²) in [6.45, 7) is 1.35. The van der Waals surface area contributed by atoms with E-state index in [1.54, 1.807) is 7.11 Å². The minimum Gasteiger partial charge on any atom is -0.481 e. The molecule has 0 aliphatic heterocycles. The van der Waals surface area contributed by atoms with Gasteiger partial charge >= 0.3 is 12.0 Å². The summed E-state index contributed by atoms with van der Waals surface area (Å²) in [6, 6.07) is -0.250. The van der Waals surface area contributed by atoms with Gasteiger partial charge in [0.2, 0.25) is 0 Å². The Hall–Kier alpha value is -1.30. The van der Waals surface area contributed by atoms with Crippen molar-refractivity contribution < 1.29 is 19.4 Å². The van der Waals surface area contributed by atoms with E-state index in [-0.39, 0.29) is 12.5 Å². The molecule has 1 rings (SSSR count). The van der Waals surface area contributed by atoms with E-state index >= 15 is 0 Å². The number of amides is 2. The third kappa shape index (κ3) is 6.23. The molecule has 0 heterocycles. The fourth-order valence-corrected chi connectivity index (χ4v) is 2.72. The smallest absolute Gasteiger partial charge is 0.315 e. The third-order valence-electron chi connectivity index (χ3n) is 3.74. The topological polar surface area (TPSA) is 87.7 Å². The second kappa shape index (κ2) is 8.79. The Kier molecular flexibility index (Phi) is 7.36. The number of carbonyl (C=O) groups excluding carboxylic acids is 1. The first kappa shape index (κ1) is 16.8. The summed E-state index contributed by atoms with van der Waals surface area (Å²) in [7, 11) is 1.68. The molecule has 1 saturated carbocycles. The molecule has 1 aliphatic rings. The molecule has 116 valence electrons. The van der Waals surface area contributed by atoms with Crippen LogP contribution in [-0.4, -0.2) is 42.9 Å². The monoisotopic (exact) mass is 286 g/mol. The summed E-state index contributed by atoms with van der Waals surface area (Å²) in [6.07, 6.45) is 6.37. The zero-order valence-electron chi connectivity index (χ0n) is 12.2. The lowest BCUT2D eigenvalue weighted by Gasteiger charge is -2.28. The number of carboxylic acid groups (broad SMARTS) is 1. The van der Waals surface area contributed by atoms with Crippen molar-refractivity contribution in [1.82, 2.24) is 10.6 Å². The number of hydrogen-bond acceptors (Lipinski definition) is 3. The highest BCUT2D eigenvalue weighted by Crippen LogP contribution is 2.32. The molecule has 20 heavy (non-hydrogen) atoms. The van der Waals surface area contributed by atoms with Crippen LogP contribution in [0, 0.1) is 0 Å². The maximum atomic E-state index is 11.8. The summed E-state index contributed by atoms with van der Waals surface area (Å²) < 4.78 is 4.95. The summed E-state index contributed by atoms with van der Waals surface area (Å²) >= 11 is 0. The van der Waals surface area contributed by atoms with E-state index in [4.69, 9.17) is 9.84 Å². The molecule has 0 radical (unpaired) electrons. The number of aliphatic carboxylic acids is 1. The van der Waals surface area contributed by atoms with Crippen LogP contribution in [0.2, 0.25) is 0 Å². The number of hydrogen-bond donors (Lipinski definition) is 3. The van der Waals surface area contributed by atoms with Gasteiger partial charge < -0.3 is 20.5 Å². The second-order valence-corrected chi connectivity index (χ2v) is 5.49. The Bertz CT molecular complexity index is 314. The van der Waals surface area contributed by atoms with Crippen molar-refractivity contribution in [1.29, 1.82) is 0 Å². The Labute approximate surface area is 120 Å². The SMILES string of the molecule is COCCCCCNC(=O)NC1(CC(=O)O)CCCC1. The molecule has 6 nitrogen and oxygen atoms in total. The predicted octanol–water partition coefficient (Wildman–Crippen LogP) is 1.89. The molecule has 0 saturated heterocycles. The van der Waals surface area contributed by atoms with Gasteiger partial charge in [0.15, 0.2) is 0 Å². The molecule has 2 amide bonds. The molecule has 0 unspecified atom stereocenters. The van der Waals surface area contributed by atoms with Gasteiger partial charge in [-0.2, -0.15) is 0 Å². The number of ether oxygens (including phenoxy) is 1. The summed E-state index contributed by atoms with van der Waals surface area (Å²) in [5, 5.41) is 14.6. The van der Waals surface area contributed by atoms with Crippen molar-refractivity contribution in [3.8, 4) is 0 Å². The normalized spacial score (nSPS) is 16.9. The van der Waals surface area contributed by atoms with E-state index in [9.17, 15) is 9.59 Å². The van der Waals surface area contributed by atoms with Crippen molar-refractivity contribution in [2.45, 2.75) is 56.9 Å². The molecule has 0 aromatic carbocycles. The molecule has 6 heteroatoms. The van der Waals surface area contributed by atoms with Crippen LogP contribution in [0.15, 0.2) is 0 Å². The maximum absolute atomic E-state index is 11.8. The fourth-order valence-electron chi connectivity index (χ4n) is 2.72. The zero-order chi connectivity index (χ0) is 14.8. The van der Waals surface area contributed by atoms with Gasteiger partial charge in [-0.15, -0.1) is 0 Å².